The number of benzene rings is 2. The van der Waals surface area contributed by atoms with Gasteiger partial charge in [-0.2, -0.15) is 0 Å². The van der Waals surface area contributed by atoms with E-state index in [1.165, 1.54) is 54.7 Å². The molecule has 188 valence electrons. The number of hydrogen-bond donors (Lipinski definition) is 2. The molecule has 3 N–H and O–H groups in total. The number of thiophene rings is 1. The summed E-state index contributed by atoms with van der Waals surface area (Å²) in [4.78, 5) is 39.3. The van der Waals surface area contributed by atoms with E-state index in [9.17, 15) is 22.8 Å². The number of nitrogens with one attached hydrogen (secondary N) is 1. The molecule has 0 radical (unpaired) electrons. The van der Waals surface area contributed by atoms with Crippen LogP contribution in [0.5, 0.6) is 0 Å². The van der Waals surface area contributed by atoms with Crippen molar-refractivity contribution < 1.29 is 27.5 Å². The highest BCUT2D eigenvalue weighted by molar-refractivity contribution is 7.92. The Labute approximate surface area is 212 Å². The van der Waals surface area contributed by atoms with Crippen LogP contribution >= 0.6 is 11.3 Å². The van der Waals surface area contributed by atoms with Crippen molar-refractivity contribution in [2.75, 3.05) is 30.3 Å². The Hall–Kier alpha value is -3.90. The zero-order valence-corrected chi connectivity index (χ0v) is 21.2. The van der Waals surface area contributed by atoms with E-state index in [1.54, 1.807) is 30.3 Å². The molecule has 1 aromatic heterocycles. The molecule has 2 aromatic carbocycles. The van der Waals surface area contributed by atoms with Gasteiger partial charge in [-0.05, 0) is 48.4 Å². The minimum Gasteiger partial charge on any atom is -0.453 e. The standard InChI is InChI=1S/C24H24N4O6S2/c1-27(16-6-4-3-5-7-16)36(32,33)17-10-8-15(9-11-17)22(30)26-23-20(21(25)29)18-12-13-28(24(31)34-2)14-19(18)35-23/h3-11H,12-14H2,1-2H3,(H2,25,29)(H,26,30). The van der Waals surface area contributed by atoms with Gasteiger partial charge in [0.05, 0.1) is 29.8 Å². The number of ether oxygens (including phenoxy) is 1. The van der Waals surface area contributed by atoms with Crippen molar-refractivity contribution in [1.29, 1.82) is 0 Å². The largest absolute Gasteiger partial charge is 0.453 e. The molecule has 1 aliphatic rings. The van der Waals surface area contributed by atoms with Gasteiger partial charge in [-0.25, -0.2) is 13.2 Å². The highest BCUT2D eigenvalue weighted by Gasteiger charge is 2.30. The van der Waals surface area contributed by atoms with Gasteiger partial charge in [0.2, 0.25) is 0 Å². The molecule has 4 rings (SSSR count). The Morgan fingerprint density at radius 2 is 1.75 bits per heavy atom. The molecule has 3 amide bonds. The Kier molecular flexibility index (Phi) is 7.00. The second-order valence-corrected chi connectivity index (χ2v) is 11.1. The van der Waals surface area contributed by atoms with Gasteiger partial charge in [0.25, 0.3) is 21.8 Å². The monoisotopic (exact) mass is 528 g/mol. The number of sulfonamides is 1. The van der Waals surface area contributed by atoms with Gasteiger partial charge in [-0.3, -0.25) is 13.9 Å². The van der Waals surface area contributed by atoms with Gasteiger partial charge in [0.1, 0.15) is 5.00 Å². The molecule has 0 atom stereocenters. The number of primary amides is 1. The van der Waals surface area contributed by atoms with Crippen LogP contribution in [0.2, 0.25) is 0 Å². The minimum atomic E-state index is -3.83. The molecule has 0 spiro atoms. The molecule has 3 aromatic rings. The first-order valence-corrected chi connectivity index (χ1v) is 13.1. The maximum absolute atomic E-state index is 13.0. The molecular weight excluding hydrogens is 504 g/mol. The summed E-state index contributed by atoms with van der Waals surface area (Å²) in [7, 11) is -1.08. The molecular formula is C24H24N4O6S2. The summed E-state index contributed by atoms with van der Waals surface area (Å²) in [6, 6.07) is 14.1. The lowest BCUT2D eigenvalue weighted by atomic mass is 10.0. The van der Waals surface area contributed by atoms with Crippen molar-refractivity contribution in [3.63, 3.8) is 0 Å². The van der Waals surface area contributed by atoms with Crippen LogP contribution in [-0.2, 0) is 27.7 Å². The van der Waals surface area contributed by atoms with E-state index in [0.29, 0.717) is 24.2 Å². The number of nitrogens with two attached hydrogens (primary N) is 1. The second-order valence-electron chi connectivity index (χ2n) is 8.00. The van der Waals surface area contributed by atoms with Crippen LogP contribution in [0.4, 0.5) is 15.5 Å². The van der Waals surface area contributed by atoms with Crippen molar-refractivity contribution in [1.82, 2.24) is 4.90 Å². The second kappa shape index (κ2) is 9.99. The number of methoxy groups -OCH3 is 1. The minimum absolute atomic E-state index is 0.0257. The molecule has 2 heterocycles. The lowest BCUT2D eigenvalue weighted by Crippen LogP contribution is -2.35. The average molecular weight is 529 g/mol. The molecule has 1 aliphatic heterocycles. The molecule has 0 saturated carbocycles. The molecule has 36 heavy (non-hydrogen) atoms. The summed E-state index contributed by atoms with van der Waals surface area (Å²) < 4.78 is 31.9. The number of anilines is 2. The third kappa shape index (κ3) is 4.77. The number of para-hydroxylation sites is 1. The number of hydrogen-bond acceptors (Lipinski definition) is 7. The molecule has 0 saturated heterocycles. The molecule has 0 bridgehead atoms. The SMILES string of the molecule is COC(=O)N1CCc2c(sc(NC(=O)c3ccc(S(=O)(=O)N(C)c4ccccc4)cc3)c2C(N)=O)C1. The van der Waals surface area contributed by atoms with Gasteiger partial charge in [-0.15, -0.1) is 11.3 Å². The Bertz CT molecular complexity index is 1420. The van der Waals surface area contributed by atoms with E-state index in [4.69, 9.17) is 10.5 Å². The summed E-state index contributed by atoms with van der Waals surface area (Å²) in [5.74, 6) is -1.21. The first-order valence-electron chi connectivity index (χ1n) is 10.9. The lowest BCUT2D eigenvalue weighted by molar-refractivity contribution is 0.0999. The predicted molar refractivity (Wildman–Crippen MR) is 136 cm³/mol. The third-order valence-electron chi connectivity index (χ3n) is 5.86. The fourth-order valence-electron chi connectivity index (χ4n) is 3.93. The van der Waals surface area contributed by atoms with Crippen molar-refractivity contribution in [3.05, 3.63) is 76.2 Å². The highest BCUT2D eigenvalue weighted by atomic mass is 32.2. The molecule has 10 nitrogen and oxygen atoms in total. The fourth-order valence-corrected chi connectivity index (χ4v) is 6.38. The summed E-state index contributed by atoms with van der Waals surface area (Å²) >= 11 is 1.17. The van der Waals surface area contributed by atoms with Crippen molar-refractivity contribution in [2.24, 2.45) is 5.73 Å². The number of amides is 3. The van der Waals surface area contributed by atoms with Crippen LogP contribution in [0.1, 0.15) is 31.2 Å². The quantitative estimate of drug-likeness (QED) is 0.504. The van der Waals surface area contributed by atoms with E-state index in [1.807, 2.05) is 0 Å². The zero-order valence-electron chi connectivity index (χ0n) is 19.6. The Morgan fingerprint density at radius 3 is 2.36 bits per heavy atom. The summed E-state index contributed by atoms with van der Waals surface area (Å²) in [6.45, 7) is 0.599. The number of carbonyl (C=O) groups is 3. The van der Waals surface area contributed by atoms with Crippen LogP contribution < -0.4 is 15.4 Å². The van der Waals surface area contributed by atoms with E-state index in [2.05, 4.69) is 5.32 Å². The maximum atomic E-state index is 13.0. The molecule has 0 fully saturated rings. The van der Waals surface area contributed by atoms with Gasteiger partial charge < -0.3 is 20.7 Å². The Balaban J connectivity index is 1.55. The number of carbonyl (C=O) groups excluding carboxylic acids is 3. The van der Waals surface area contributed by atoms with E-state index in [-0.39, 0.29) is 27.6 Å². The van der Waals surface area contributed by atoms with Crippen LogP contribution in [0.25, 0.3) is 0 Å². The van der Waals surface area contributed by atoms with Crippen LogP contribution in [0.3, 0.4) is 0 Å². The lowest BCUT2D eigenvalue weighted by Gasteiger charge is -2.25. The third-order valence-corrected chi connectivity index (χ3v) is 8.79. The fraction of sp³-hybridized carbons (Fsp3) is 0.208. The highest BCUT2D eigenvalue weighted by Crippen LogP contribution is 2.37. The first kappa shape index (κ1) is 25.2. The normalized spacial score (nSPS) is 13.0. The van der Waals surface area contributed by atoms with E-state index in [0.717, 1.165) is 9.18 Å². The van der Waals surface area contributed by atoms with Crippen molar-refractivity contribution in [2.45, 2.75) is 17.9 Å². The van der Waals surface area contributed by atoms with Gasteiger partial charge in [0, 0.05) is 24.0 Å². The smallest absolute Gasteiger partial charge is 0.409 e. The molecule has 0 aliphatic carbocycles. The number of fused-ring (bicyclic) bond motifs is 1. The number of rotatable bonds is 6. The summed E-state index contributed by atoms with van der Waals surface area (Å²) in [5, 5.41) is 3.00. The van der Waals surface area contributed by atoms with Gasteiger partial charge in [-0.1, -0.05) is 18.2 Å². The van der Waals surface area contributed by atoms with Crippen LogP contribution in [0, 0.1) is 0 Å². The van der Waals surface area contributed by atoms with Crippen molar-refractivity contribution >= 4 is 50.0 Å². The maximum Gasteiger partial charge on any atom is 0.409 e. The number of nitrogens with zero attached hydrogens (tertiary/aromatic N) is 2. The van der Waals surface area contributed by atoms with Crippen LogP contribution in [0.15, 0.2) is 59.5 Å². The molecule has 0 unspecified atom stereocenters. The summed E-state index contributed by atoms with van der Waals surface area (Å²) in [6.07, 6.45) is -0.0791. The predicted octanol–water partition coefficient (Wildman–Crippen LogP) is 3.05. The zero-order chi connectivity index (χ0) is 26.0. The van der Waals surface area contributed by atoms with E-state index < -0.39 is 27.9 Å². The van der Waals surface area contributed by atoms with Gasteiger partial charge in [0.15, 0.2) is 0 Å². The first-order chi connectivity index (χ1) is 17.1. The van der Waals surface area contributed by atoms with Gasteiger partial charge >= 0.3 is 6.09 Å². The van der Waals surface area contributed by atoms with Crippen molar-refractivity contribution in [3.8, 4) is 0 Å². The van der Waals surface area contributed by atoms with E-state index >= 15 is 0 Å². The Morgan fingerprint density at radius 1 is 1.08 bits per heavy atom. The van der Waals surface area contributed by atoms with Crippen LogP contribution in [-0.4, -0.2) is 51.9 Å². The summed E-state index contributed by atoms with van der Waals surface area (Å²) in [5.41, 5.74) is 7.23. The molecule has 12 heteroatoms. The average Bonchev–Trinajstić information content (AvgIpc) is 3.25. The topological polar surface area (TPSA) is 139 Å².